The third-order valence-corrected chi connectivity index (χ3v) is 5.37. The minimum absolute atomic E-state index is 0.333. The molecule has 0 aliphatic heterocycles. The van der Waals surface area contributed by atoms with E-state index in [0.717, 1.165) is 7.11 Å². The fraction of sp³-hybridized carbons (Fsp3) is 0.917. The molecule has 0 heterocycles. The zero-order valence-corrected chi connectivity index (χ0v) is 13.3. The van der Waals surface area contributed by atoms with Gasteiger partial charge in [0, 0.05) is 0 Å². The molecule has 0 bridgehead atoms. The van der Waals surface area contributed by atoms with Crippen LogP contribution in [0.2, 0.25) is 0 Å². The van der Waals surface area contributed by atoms with Crippen molar-refractivity contribution in [1.29, 1.82) is 0 Å². The van der Waals surface area contributed by atoms with Crippen molar-refractivity contribution in [3.63, 3.8) is 0 Å². The summed E-state index contributed by atoms with van der Waals surface area (Å²) in [5, 5.41) is -2.04. The van der Waals surface area contributed by atoms with Gasteiger partial charge < -0.3 is 4.74 Å². The van der Waals surface area contributed by atoms with Crippen molar-refractivity contribution in [2.75, 3.05) is 12.9 Å². The van der Waals surface area contributed by atoms with Gasteiger partial charge in [-0.05, 0) is 19.3 Å². The molecule has 0 aromatic carbocycles. The van der Waals surface area contributed by atoms with Gasteiger partial charge in [-0.15, -0.1) is 0 Å². The normalized spacial score (nSPS) is 16.0. The number of sulfone groups is 1. The van der Waals surface area contributed by atoms with Crippen molar-refractivity contribution in [3.8, 4) is 0 Å². The van der Waals surface area contributed by atoms with Crippen LogP contribution in [0.15, 0.2) is 0 Å². The molecular weight excluding hydrogens is 354 g/mol. The summed E-state index contributed by atoms with van der Waals surface area (Å²) >= 11 is 0. The first-order valence-corrected chi connectivity index (χ1v) is 8.39. The summed E-state index contributed by atoms with van der Waals surface area (Å²) in [6, 6.07) is 0. The van der Waals surface area contributed by atoms with Gasteiger partial charge in [0.05, 0.1) is 25.2 Å². The summed E-state index contributed by atoms with van der Waals surface area (Å²) in [6.45, 7) is 1.24. The minimum atomic E-state index is -4.76. The topological polar surface area (TPSA) is 60.4 Å². The Morgan fingerprint density at radius 1 is 1.09 bits per heavy atom. The van der Waals surface area contributed by atoms with Crippen LogP contribution in [0, 0.1) is 5.92 Å². The number of alkyl halides is 6. The Morgan fingerprint density at radius 2 is 1.61 bits per heavy atom. The lowest BCUT2D eigenvalue weighted by atomic mass is 9.98. The summed E-state index contributed by atoms with van der Waals surface area (Å²) in [5.41, 5.74) is 0. The molecule has 0 aliphatic carbocycles. The molecule has 2 atom stereocenters. The van der Waals surface area contributed by atoms with Crippen molar-refractivity contribution in [2.45, 2.75) is 50.2 Å². The van der Waals surface area contributed by atoms with Gasteiger partial charge in [0.15, 0.2) is 15.1 Å². The van der Waals surface area contributed by atoms with Crippen LogP contribution in [-0.2, 0) is 19.4 Å². The van der Waals surface area contributed by atoms with Crippen molar-refractivity contribution in [1.82, 2.24) is 0 Å². The van der Waals surface area contributed by atoms with Crippen LogP contribution in [0.4, 0.5) is 26.3 Å². The number of halogens is 6. The number of methoxy groups -OCH3 is 1. The molecule has 0 aromatic heterocycles. The first-order valence-electron chi connectivity index (χ1n) is 6.67. The molecule has 0 spiro atoms. The van der Waals surface area contributed by atoms with E-state index in [0.29, 0.717) is 0 Å². The summed E-state index contributed by atoms with van der Waals surface area (Å²) in [5.74, 6) is -4.57. The van der Waals surface area contributed by atoms with Crippen LogP contribution < -0.4 is 0 Å². The van der Waals surface area contributed by atoms with Gasteiger partial charge in [0.2, 0.25) is 0 Å². The lowest BCUT2D eigenvalue weighted by Gasteiger charge is -2.21. The zero-order valence-electron chi connectivity index (χ0n) is 12.5. The maximum absolute atomic E-state index is 12.6. The summed E-state index contributed by atoms with van der Waals surface area (Å²) < 4.78 is 102. The van der Waals surface area contributed by atoms with Gasteiger partial charge in [-0.2, -0.15) is 26.3 Å². The third-order valence-electron chi connectivity index (χ3n) is 3.30. The molecule has 0 N–H and O–H groups in total. The molecule has 0 saturated heterocycles. The van der Waals surface area contributed by atoms with Crippen LogP contribution in [0.3, 0.4) is 0 Å². The number of ether oxygens (including phenoxy) is 1. The highest BCUT2D eigenvalue weighted by atomic mass is 32.2. The number of rotatable bonds is 8. The van der Waals surface area contributed by atoms with Gasteiger partial charge in [-0.25, -0.2) is 8.42 Å². The predicted octanol–water partition coefficient (Wildman–Crippen LogP) is 3.26. The molecule has 138 valence electrons. The molecule has 0 rings (SSSR count). The van der Waals surface area contributed by atoms with Gasteiger partial charge in [-0.3, -0.25) is 4.79 Å². The maximum atomic E-state index is 12.6. The van der Waals surface area contributed by atoms with E-state index >= 15 is 0 Å². The smallest absolute Gasteiger partial charge is 0.391 e. The van der Waals surface area contributed by atoms with Crippen molar-refractivity contribution in [3.05, 3.63) is 0 Å². The second kappa shape index (κ2) is 8.20. The number of hydrogen-bond acceptors (Lipinski definition) is 4. The summed E-state index contributed by atoms with van der Waals surface area (Å²) in [4.78, 5) is 11.5. The highest BCUT2D eigenvalue weighted by molar-refractivity contribution is 7.92. The van der Waals surface area contributed by atoms with Crippen LogP contribution in [0.1, 0.15) is 32.6 Å². The second-order valence-electron chi connectivity index (χ2n) is 4.97. The third kappa shape index (κ3) is 7.89. The molecule has 0 aromatic rings. The van der Waals surface area contributed by atoms with Crippen molar-refractivity contribution < 1.29 is 44.3 Å². The standard InChI is InChI=1S/C12H18F6O4S/c1-3-8(12(16,17)18)4-5-9(10(19)22-2)23(20,21)7-6-11(13,14)15/h8-9H,3-7H2,1-2H3. The Balaban J connectivity index is 5.12. The van der Waals surface area contributed by atoms with Crippen LogP contribution in [0.25, 0.3) is 0 Å². The molecule has 4 nitrogen and oxygen atoms in total. The van der Waals surface area contributed by atoms with E-state index in [2.05, 4.69) is 4.74 Å². The van der Waals surface area contributed by atoms with Crippen molar-refractivity contribution in [2.24, 2.45) is 5.92 Å². The molecule has 0 saturated carbocycles. The molecule has 0 radical (unpaired) electrons. The molecule has 0 amide bonds. The Kier molecular flexibility index (Phi) is 7.85. The van der Waals surface area contributed by atoms with Gasteiger partial charge in [-0.1, -0.05) is 6.92 Å². The van der Waals surface area contributed by atoms with Crippen LogP contribution in [0.5, 0.6) is 0 Å². The Morgan fingerprint density at radius 3 is 1.96 bits per heavy atom. The fourth-order valence-electron chi connectivity index (χ4n) is 1.93. The lowest BCUT2D eigenvalue weighted by molar-refractivity contribution is -0.177. The summed E-state index contributed by atoms with van der Waals surface area (Å²) in [6.07, 6.45) is -12.8. The average molecular weight is 372 g/mol. The van der Waals surface area contributed by atoms with Gasteiger partial charge in [0.25, 0.3) is 0 Å². The van der Waals surface area contributed by atoms with E-state index in [1.54, 1.807) is 0 Å². The summed E-state index contributed by atoms with van der Waals surface area (Å²) in [7, 11) is -3.76. The molecule has 0 aliphatic rings. The predicted molar refractivity (Wildman–Crippen MR) is 69.3 cm³/mol. The SMILES string of the molecule is CCC(CCC(C(=O)OC)S(=O)(=O)CCC(F)(F)F)C(F)(F)F. The number of carbonyl (C=O) groups excluding carboxylic acids is 1. The molecule has 0 fully saturated rings. The highest BCUT2D eigenvalue weighted by Crippen LogP contribution is 2.33. The molecule has 23 heavy (non-hydrogen) atoms. The van der Waals surface area contributed by atoms with E-state index in [1.165, 1.54) is 6.92 Å². The minimum Gasteiger partial charge on any atom is -0.468 e. The number of carbonyl (C=O) groups is 1. The van der Waals surface area contributed by atoms with E-state index in [1.807, 2.05) is 0 Å². The average Bonchev–Trinajstić information content (AvgIpc) is 2.38. The van der Waals surface area contributed by atoms with E-state index < -0.39 is 64.3 Å². The van der Waals surface area contributed by atoms with Crippen LogP contribution in [-0.4, -0.2) is 44.9 Å². The van der Waals surface area contributed by atoms with E-state index in [4.69, 9.17) is 0 Å². The van der Waals surface area contributed by atoms with Gasteiger partial charge in [0.1, 0.15) is 0 Å². The highest BCUT2D eigenvalue weighted by Gasteiger charge is 2.42. The first kappa shape index (κ1) is 22.0. The van der Waals surface area contributed by atoms with E-state index in [-0.39, 0.29) is 6.42 Å². The lowest BCUT2D eigenvalue weighted by Crippen LogP contribution is -2.36. The Hall–Kier alpha value is -1.00. The second-order valence-corrected chi connectivity index (χ2v) is 7.27. The maximum Gasteiger partial charge on any atom is 0.391 e. The van der Waals surface area contributed by atoms with Crippen LogP contribution >= 0.6 is 0 Å². The molecule has 2 unspecified atom stereocenters. The largest absolute Gasteiger partial charge is 0.468 e. The fourth-order valence-corrected chi connectivity index (χ4v) is 3.61. The molecular formula is C12H18F6O4S. The quantitative estimate of drug-likeness (QED) is 0.485. The van der Waals surface area contributed by atoms with Crippen molar-refractivity contribution >= 4 is 15.8 Å². The van der Waals surface area contributed by atoms with Gasteiger partial charge >= 0.3 is 18.3 Å². The Bertz CT molecular complexity index is 483. The monoisotopic (exact) mass is 372 g/mol. The molecule has 11 heteroatoms. The van der Waals surface area contributed by atoms with E-state index in [9.17, 15) is 39.6 Å². The zero-order chi connectivity index (χ0) is 18.5. The first-order chi connectivity index (χ1) is 10.2. The number of hydrogen-bond donors (Lipinski definition) is 0. The number of esters is 1. The Labute approximate surface area is 130 Å².